The number of piperidine rings is 1. The van der Waals surface area contributed by atoms with Gasteiger partial charge >= 0.3 is 0 Å². The van der Waals surface area contributed by atoms with Gasteiger partial charge in [0.15, 0.2) is 0 Å². The number of likely N-dealkylation sites (tertiary alicyclic amines) is 1. The maximum atomic E-state index is 4.72. The highest BCUT2D eigenvalue weighted by molar-refractivity contribution is 7.18. The van der Waals surface area contributed by atoms with Crippen LogP contribution >= 0.6 is 11.3 Å². The molecule has 1 fully saturated rings. The van der Waals surface area contributed by atoms with Crippen LogP contribution in [0.1, 0.15) is 44.0 Å². The zero-order chi connectivity index (χ0) is 14.5. The molecule has 1 saturated heterocycles. The summed E-state index contributed by atoms with van der Waals surface area (Å²) in [5.74, 6) is 0.990. The van der Waals surface area contributed by atoms with Gasteiger partial charge in [-0.1, -0.05) is 25.5 Å². The van der Waals surface area contributed by atoms with Gasteiger partial charge in [-0.05, 0) is 69.8 Å². The van der Waals surface area contributed by atoms with E-state index in [1.807, 2.05) is 11.3 Å². The lowest BCUT2D eigenvalue weighted by atomic mass is 9.94. The smallest absolute Gasteiger partial charge is 0.0938 e. The summed E-state index contributed by atoms with van der Waals surface area (Å²) in [5.41, 5.74) is 1.17. The van der Waals surface area contributed by atoms with Crippen LogP contribution in [0.15, 0.2) is 24.3 Å². The lowest BCUT2D eigenvalue weighted by molar-refractivity contribution is 0.179. The SMILES string of the molecule is CCC1CCN(CCCCc2nc3ccccc3s2)CC1. The molecule has 2 nitrogen and oxygen atoms in total. The van der Waals surface area contributed by atoms with Crippen molar-refractivity contribution in [3.8, 4) is 0 Å². The first kappa shape index (κ1) is 15.0. The Bertz CT molecular complexity index is 522. The van der Waals surface area contributed by atoms with Crippen molar-refractivity contribution < 1.29 is 0 Å². The molecule has 114 valence electrons. The molecule has 1 aliphatic heterocycles. The van der Waals surface area contributed by atoms with Gasteiger partial charge in [0.25, 0.3) is 0 Å². The lowest BCUT2D eigenvalue weighted by Crippen LogP contribution is -2.34. The van der Waals surface area contributed by atoms with Crippen molar-refractivity contribution in [2.24, 2.45) is 5.92 Å². The van der Waals surface area contributed by atoms with Gasteiger partial charge < -0.3 is 4.90 Å². The molecule has 21 heavy (non-hydrogen) atoms. The van der Waals surface area contributed by atoms with E-state index in [1.54, 1.807) is 0 Å². The van der Waals surface area contributed by atoms with E-state index >= 15 is 0 Å². The molecule has 3 rings (SSSR count). The number of aryl methyl sites for hydroxylation is 1. The van der Waals surface area contributed by atoms with Crippen molar-refractivity contribution in [3.05, 3.63) is 29.3 Å². The summed E-state index contributed by atoms with van der Waals surface area (Å²) in [6, 6.07) is 8.47. The topological polar surface area (TPSA) is 16.1 Å². The predicted octanol–water partition coefficient (Wildman–Crippen LogP) is 4.74. The van der Waals surface area contributed by atoms with Crippen LogP contribution in [-0.4, -0.2) is 29.5 Å². The second kappa shape index (κ2) is 7.37. The molecule has 1 aromatic carbocycles. The third kappa shape index (κ3) is 4.04. The minimum Gasteiger partial charge on any atom is -0.303 e. The number of unbranched alkanes of at least 4 members (excludes halogenated alkanes) is 1. The van der Waals surface area contributed by atoms with Gasteiger partial charge in [-0.3, -0.25) is 0 Å². The number of para-hydroxylation sites is 1. The molecule has 0 bridgehead atoms. The molecule has 1 aliphatic rings. The Morgan fingerprint density at radius 3 is 2.76 bits per heavy atom. The number of thiazole rings is 1. The van der Waals surface area contributed by atoms with Crippen molar-refractivity contribution in [2.45, 2.75) is 45.4 Å². The number of benzene rings is 1. The monoisotopic (exact) mass is 302 g/mol. The molecule has 1 aromatic heterocycles. The van der Waals surface area contributed by atoms with Crippen molar-refractivity contribution >= 4 is 21.6 Å². The van der Waals surface area contributed by atoms with Crippen molar-refractivity contribution in [2.75, 3.05) is 19.6 Å². The highest BCUT2D eigenvalue weighted by atomic mass is 32.1. The van der Waals surface area contributed by atoms with Gasteiger partial charge in [0.2, 0.25) is 0 Å². The summed E-state index contributed by atoms with van der Waals surface area (Å²) in [6.07, 6.45) is 7.92. The molecule has 0 N–H and O–H groups in total. The quantitative estimate of drug-likeness (QED) is 0.716. The number of fused-ring (bicyclic) bond motifs is 1. The maximum absolute atomic E-state index is 4.72. The van der Waals surface area contributed by atoms with Crippen LogP contribution in [0.4, 0.5) is 0 Å². The zero-order valence-electron chi connectivity index (χ0n) is 13.1. The summed E-state index contributed by atoms with van der Waals surface area (Å²) in [7, 11) is 0. The largest absolute Gasteiger partial charge is 0.303 e. The molecule has 0 spiro atoms. The first-order valence-corrected chi connectivity index (χ1v) is 9.23. The maximum Gasteiger partial charge on any atom is 0.0938 e. The summed E-state index contributed by atoms with van der Waals surface area (Å²) >= 11 is 1.86. The van der Waals surface area contributed by atoms with E-state index < -0.39 is 0 Å². The average molecular weight is 302 g/mol. The van der Waals surface area contributed by atoms with Crippen LogP contribution < -0.4 is 0 Å². The Hall–Kier alpha value is -0.930. The van der Waals surface area contributed by atoms with Crippen LogP contribution in [0, 0.1) is 5.92 Å². The molecular weight excluding hydrogens is 276 g/mol. The third-order valence-electron chi connectivity index (χ3n) is 4.74. The predicted molar refractivity (Wildman–Crippen MR) is 92.0 cm³/mol. The Morgan fingerprint density at radius 2 is 2.00 bits per heavy atom. The first-order chi connectivity index (χ1) is 10.3. The summed E-state index contributed by atoms with van der Waals surface area (Å²) in [5, 5.41) is 1.31. The van der Waals surface area contributed by atoms with Crippen molar-refractivity contribution in [1.82, 2.24) is 9.88 Å². The third-order valence-corrected chi connectivity index (χ3v) is 5.83. The minimum absolute atomic E-state index is 0.990. The molecule has 3 heteroatoms. The number of aromatic nitrogens is 1. The van der Waals surface area contributed by atoms with Gasteiger partial charge in [0.05, 0.1) is 15.2 Å². The zero-order valence-corrected chi connectivity index (χ0v) is 13.9. The number of hydrogen-bond donors (Lipinski definition) is 0. The molecular formula is C18H26N2S. The van der Waals surface area contributed by atoms with Gasteiger partial charge in [0, 0.05) is 0 Å². The molecule has 0 radical (unpaired) electrons. The van der Waals surface area contributed by atoms with Crippen molar-refractivity contribution in [3.63, 3.8) is 0 Å². The van der Waals surface area contributed by atoms with E-state index in [0.717, 1.165) is 12.3 Å². The molecule has 0 atom stereocenters. The molecule has 2 aromatic rings. The molecule has 2 heterocycles. The fourth-order valence-corrected chi connectivity index (χ4v) is 4.27. The number of hydrogen-bond acceptors (Lipinski definition) is 3. The fourth-order valence-electron chi connectivity index (χ4n) is 3.26. The second-order valence-corrected chi connectivity index (χ2v) is 7.34. The van der Waals surface area contributed by atoms with Gasteiger partial charge in [-0.15, -0.1) is 11.3 Å². The highest BCUT2D eigenvalue weighted by Gasteiger charge is 2.16. The molecule has 0 aliphatic carbocycles. The van der Waals surface area contributed by atoms with E-state index in [0.29, 0.717) is 0 Å². The van der Waals surface area contributed by atoms with Crippen LogP contribution in [0.25, 0.3) is 10.2 Å². The second-order valence-electron chi connectivity index (χ2n) is 6.23. The average Bonchev–Trinajstić information content (AvgIpc) is 2.95. The minimum atomic E-state index is 0.990. The summed E-state index contributed by atoms with van der Waals surface area (Å²) in [4.78, 5) is 7.38. The normalized spacial score (nSPS) is 17.6. The van der Waals surface area contributed by atoms with Crippen LogP contribution in [0.5, 0.6) is 0 Å². The van der Waals surface area contributed by atoms with Gasteiger partial charge in [-0.2, -0.15) is 0 Å². The fraction of sp³-hybridized carbons (Fsp3) is 0.611. The Labute approximate surface area is 132 Å². The van der Waals surface area contributed by atoms with E-state index in [4.69, 9.17) is 4.98 Å². The van der Waals surface area contributed by atoms with E-state index in [1.165, 1.54) is 67.0 Å². The van der Waals surface area contributed by atoms with E-state index in [9.17, 15) is 0 Å². The van der Waals surface area contributed by atoms with E-state index in [-0.39, 0.29) is 0 Å². The standard InChI is InChI=1S/C18H26N2S/c1-2-15-10-13-20(14-11-15)12-6-5-9-18-19-16-7-3-4-8-17(16)21-18/h3-4,7-8,15H,2,5-6,9-14H2,1H3. The highest BCUT2D eigenvalue weighted by Crippen LogP contribution is 2.23. The Kier molecular flexibility index (Phi) is 5.26. The molecule has 0 saturated carbocycles. The van der Waals surface area contributed by atoms with Crippen molar-refractivity contribution in [1.29, 1.82) is 0 Å². The number of nitrogens with zero attached hydrogens (tertiary/aromatic N) is 2. The first-order valence-electron chi connectivity index (χ1n) is 8.42. The molecule has 0 unspecified atom stereocenters. The summed E-state index contributed by atoms with van der Waals surface area (Å²) in [6.45, 7) is 6.25. The number of rotatable bonds is 6. The van der Waals surface area contributed by atoms with Crippen LogP contribution in [0.3, 0.4) is 0 Å². The lowest BCUT2D eigenvalue weighted by Gasteiger charge is -2.31. The molecule has 0 amide bonds. The van der Waals surface area contributed by atoms with Crippen LogP contribution in [0.2, 0.25) is 0 Å². The van der Waals surface area contributed by atoms with Crippen LogP contribution in [-0.2, 0) is 6.42 Å². The van der Waals surface area contributed by atoms with Gasteiger partial charge in [0.1, 0.15) is 0 Å². The van der Waals surface area contributed by atoms with Gasteiger partial charge in [-0.25, -0.2) is 4.98 Å². The summed E-state index contributed by atoms with van der Waals surface area (Å²) < 4.78 is 1.33. The van der Waals surface area contributed by atoms with E-state index in [2.05, 4.69) is 36.1 Å². The Balaban J connectivity index is 1.38. The Morgan fingerprint density at radius 1 is 1.19 bits per heavy atom.